The molecule has 0 bridgehead atoms. The standard InChI is InChI=1S/C88H125Cl2N23O19S/c1-9-11-24-67-80(125)101-58(23-17-29-96-88(94)95)76(121)108-66(75(120)99-41-72(93)117)44-133-45-73(118)100-61(33-48-27-28-54(89)55(90)32-48)83(128)109(6)47(5)74(119)103-63(37-71(92)116)85(130)112-30-18-26-68(112)81(126)106-64(38-91)78(123)104-60(31-46(3)4)86(131)113-42-51(115)36-70(113)82(127)102-59(34-49-39-97-56-21-15-13-19-52(49)56)77(122)107-65(43-114)79(124)105-62(35-50-40-98-57-22-16-14-20-53(50)57)84(129)111(8)69(25-12-10-2)87(132)110(67)7/h13-16,19-22,27-28,32,39-40,46-47,51,58-70,97-98,114-115H,9-12,17-18,23-26,29-31,33-38,41-45,91H2,1-8H3,(H2,92,116)(H2,93,117)(H,99,120)(H,100,118)(H,101,125)(H,102,127)(H,103,119)(H,104,123)(H,105,124)(H,106,126)(H,107,122)(H,108,121)(H4,94,95,96)/t47-,51+,58-,59-,60-,61-,62-,63-,64-,65-,66-,67-,68-,69-,70-/m0/s1. The van der Waals surface area contributed by atoms with Gasteiger partial charge in [0.2, 0.25) is 100 Å². The molecule has 0 aliphatic carbocycles. The second-order valence-corrected chi connectivity index (χ2v) is 35.9. The Morgan fingerprint density at radius 2 is 1.09 bits per heavy atom. The summed E-state index contributed by atoms with van der Waals surface area (Å²) in [6.07, 6.45) is 1.21. The van der Waals surface area contributed by atoms with Crippen LogP contribution in [0.1, 0.15) is 135 Å². The molecule has 15 atom stereocenters. The van der Waals surface area contributed by atoms with Crippen molar-refractivity contribution in [2.75, 3.05) is 72.0 Å². The number of benzene rings is 3. The molecule has 133 heavy (non-hydrogen) atoms. The molecular weight excluding hydrogens is 1790 g/mol. The lowest BCUT2D eigenvalue weighted by Gasteiger charge is -2.36. The van der Waals surface area contributed by atoms with Crippen molar-refractivity contribution in [1.82, 2.24) is 93.0 Å². The average Bonchev–Trinajstić information content (AvgIpc) is 1.70. The van der Waals surface area contributed by atoms with E-state index in [0.29, 0.717) is 64.2 Å². The number of fused-ring (bicyclic) bond motifs is 4. The molecular formula is C88H125Cl2N23O19S. The molecule has 2 aromatic heterocycles. The molecule has 24 N–H and O–H groups in total. The van der Waals surface area contributed by atoms with E-state index >= 15 is 33.6 Å². The summed E-state index contributed by atoms with van der Waals surface area (Å²) in [6, 6.07) is -3.55. The highest BCUT2D eigenvalue weighted by Gasteiger charge is 2.47. The number of rotatable bonds is 25. The predicted molar refractivity (Wildman–Crippen MR) is 495 cm³/mol. The Labute approximate surface area is 783 Å². The third-order valence-corrected chi connectivity index (χ3v) is 25.4. The van der Waals surface area contributed by atoms with Crippen LogP contribution in [0.4, 0.5) is 0 Å². The summed E-state index contributed by atoms with van der Waals surface area (Å²) in [5.74, 6) is -18.1. The van der Waals surface area contributed by atoms with Gasteiger partial charge in [-0.1, -0.05) is 119 Å². The highest BCUT2D eigenvalue weighted by molar-refractivity contribution is 8.00. The minimum absolute atomic E-state index is 0.0127. The molecule has 3 saturated heterocycles. The van der Waals surface area contributed by atoms with Crippen LogP contribution in [0.5, 0.6) is 0 Å². The molecule has 42 nitrogen and oxygen atoms in total. The van der Waals surface area contributed by atoms with Crippen LogP contribution < -0.4 is 81.4 Å². The van der Waals surface area contributed by atoms with Crippen LogP contribution in [-0.2, 0) is 101 Å². The van der Waals surface area contributed by atoms with Gasteiger partial charge in [0.05, 0.1) is 41.5 Å². The number of carbonyl (C=O) groups is 17. The van der Waals surface area contributed by atoms with Crippen LogP contribution in [0.2, 0.25) is 10.0 Å². The van der Waals surface area contributed by atoms with E-state index < -0.39 is 248 Å². The molecule has 726 valence electrons. The number of primary amides is 2. The fraction of sp³-hybridized carbons (Fsp3) is 0.545. The van der Waals surface area contributed by atoms with Gasteiger partial charge in [-0.3, -0.25) is 86.9 Å². The Morgan fingerprint density at radius 3 is 1.69 bits per heavy atom. The Morgan fingerprint density at radius 1 is 0.556 bits per heavy atom. The highest BCUT2D eigenvalue weighted by Crippen LogP contribution is 2.29. The number of carbonyl (C=O) groups excluding carboxylic acids is 17. The average molecular weight is 1910 g/mol. The van der Waals surface area contributed by atoms with Crippen LogP contribution >= 0.6 is 35.0 Å². The minimum Gasteiger partial charge on any atom is -0.394 e. The largest absolute Gasteiger partial charge is 0.394 e. The number of likely N-dealkylation sites (N-methyl/N-ethyl adjacent to an activating group) is 3. The van der Waals surface area contributed by atoms with Gasteiger partial charge >= 0.3 is 0 Å². The zero-order valence-corrected chi connectivity index (χ0v) is 78.1. The smallest absolute Gasteiger partial charge is 0.246 e. The topological polar surface area (TPSA) is 639 Å². The lowest BCUT2D eigenvalue weighted by molar-refractivity contribution is -0.149. The van der Waals surface area contributed by atoms with Gasteiger partial charge < -0.3 is 126 Å². The van der Waals surface area contributed by atoms with Crippen LogP contribution in [0.25, 0.3) is 21.8 Å². The number of thioether (sulfide) groups is 1. The maximum absolute atomic E-state index is 15.7. The van der Waals surface area contributed by atoms with E-state index in [4.69, 9.17) is 51.5 Å². The molecule has 0 saturated carbocycles. The van der Waals surface area contributed by atoms with Crippen LogP contribution in [0.15, 0.2) is 79.1 Å². The molecule has 5 aromatic rings. The van der Waals surface area contributed by atoms with Gasteiger partial charge in [-0.2, -0.15) is 0 Å². The van der Waals surface area contributed by atoms with Crippen molar-refractivity contribution in [3.8, 4) is 0 Å². The fourth-order valence-corrected chi connectivity index (χ4v) is 17.4. The molecule has 0 spiro atoms. The number of unbranched alkanes of at least 4 members (excludes halogenated alkanes) is 2. The summed E-state index contributed by atoms with van der Waals surface area (Å²) in [7, 11) is 3.89. The summed E-state index contributed by atoms with van der Waals surface area (Å²) < 4.78 is 0. The number of aliphatic hydroxyl groups excluding tert-OH is 2. The summed E-state index contributed by atoms with van der Waals surface area (Å²) in [5, 5.41) is 60.6. The molecule has 0 radical (unpaired) electrons. The lowest BCUT2D eigenvalue weighted by Crippen LogP contribution is -2.62. The van der Waals surface area contributed by atoms with Crippen LogP contribution in [-0.4, -0.2) is 314 Å². The number of nitrogens with one attached hydrogen (secondary N) is 14. The Hall–Kier alpha value is -12.2. The second-order valence-electron chi connectivity index (χ2n) is 34.0. The zero-order chi connectivity index (χ0) is 97.8. The number of nitrogens with two attached hydrogens (primary N) is 4. The van der Waals surface area contributed by atoms with Gasteiger partial charge in [0, 0.05) is 113 Å². The van der Waals surface area contributed by atoms with E-state index in [0.717, 1.165) is 36.3 Å². The van der Waals surface area contributed by atoms with E-state index in [9.17, 15) is 58.2 Å². The molecule has 3 aliphatic heterocycles. The number of nitrogens with zero attached hydrogens (tertiary/aromatic N) is 5. The SMILES string of the molecule is CCCC[C@H]1C(=O)N(C)[C@@H](CCCC)C(=O)N[C@@H](CCCNC(=N)N)C(=O)N[C@H](C(=O)NCC(N)=O)CSCC(=O)N[C@@H](Cc2ccc(Cl)c(Cl)c2)C(=O)N(C)[C@@H](C)C(=O)N[C@@H](CC(N)=O)C(=O)N2CCC[C@H]2C(=O)N[C@@H](CN)C(=O)N[C@@H](CC(C)C)C(=O)N2C[C@H](O)C[C@H]2C(=O)N[C@@H](Cc2c[nH]c3ccccc23)C(=O)N[C@@H](CO)C(=O)N[C@@H](Cc2c[nH]c3ccccc23)C(=O)N1C. The number of amides is 17. The van der Waals surface area contributed by atoms with Crippen LogP contribution in [0, 0.1) is 11.3 Å². The Kier molecular flexibility index (Phi) is 40.4. The molecule has 3 aliphatic rings. The first-order chi connectivity index (χ1) is 63.2. The predicted octanol–water partition coefficient (Wildman–Crippen LogP) is -2.33. The highest BCUT2D eigenvalue weighted by atomic mass is 35.5. The first-order valence-electron chi connectivity index (χ1n) is 44.4. The van der Waals surface area contributed by atoms with Crippen molar-refractivity contribution in [3.63, 3.8) is 0 Å². The van der Waals surface area contributed by atoms with Crippen molar-refractivity contribution in [3.05, 3.63) is 106 Å². The number of hydrogen-bond acceptors (Lipinski definition) is 22. The number of hydrogen-bond donors (Lipinski definition) is 20. The third kappa shape index (κ3) is 29.7. The van der Waals surface area contributed by atoms with Crippen LogP contribution in [0.3, 0.4) is 0 Å². The normalized spacial score (nSPS) is 25.0. The van der Waals surface area contributed by atoms with E-state index in [1.165, 1.54) is 46.3 Å². The number of aliphatic hydroxyl groups is 2. The van der Waals surface area contributed by atoms with Crippen molar-refractivity contribution >= 4 is 163 Å². The number of aromatic amines is 2. The number of para-hydroxylation sites is 2. The zero-order valence-electron chi connectivity index (χ0n) is 75.8. The van der Waals surface area contributed by atoms with Gasteiger partial charge in [-0.15, -0.1) is 11.8 Å². The monoisotopic (exact) mass is 1910 g/mol. The van der Waals surface area contributed by atoms with Gasteiger partial charge in [0.15, 0.2) is 5.96 Å². The quantitative estimate of drug-likeness (QED) is 0.0165. The first-order valence-corrected chi connectivity index (χ1v) is 46.3. The van der Waals surface area contributed by atoms with E-state index in [1.807, 2.05) is 13.8 Å². The number of halogens is 2. The Bertz CT molecular complexity index is 5040. The fourth-order valence-electron chi connectivity index (χ4n) is 16.2. The van der Waals surface area contributed by atoms with Gasteiger partial charge in [0.1, 0.15) is 84.6 Å². The Balaban J connectivity index is 1.19. The number of aromatic nitrogens is 2. The van der Waals surface area contributed by atoms with Crippen molar-refractivity contribution < 1.29 is 91.7 Å². The van der Waals surface area contributed by atoms with Crippen molar-refractivity contribution in [1.29, 1.82) is 5.41 Å². The first kappa shape index (κ1) is 106. The molecule has 3 aromatic carbocycles. The number of guanidine groups is 1. The maximum atomic E-state index is 15.7. The van der Waals surface area contributed by atoms with E-state index in [-0.39, 0.29) is 93.3 Å². The van der Waals surface area contributed by atoms with Crippen molar-refractivity contribution in [2.45, 2.75) is 228 Å². The molecule has 17 amide bonds. The summed E-state index contributed by atoms with van der Waals surface area (Å²) in [5.41, 5.74) is 25.5. The van der Waals surface area contributed by atoms with E-state index in [1.54, 1.807) is 74.8 Å². The summed E-state index contributed by atoms with van der Waals surface area (Å²) in [4.78, 5) is 260. The molecule has 5 heterocycles. The van der Waals surface area contributed by atoms with Crippen molar-refractivity contribution in [2.24, 2.45) is 28.9 Å². The molecule has 45 heteroatoms. The second kappa shape index (κ2) is 50.6. The third-order valence-electron chi connectivity index (χ3n) is 23.6. The minimum atomic E-state index is -1.89. The summed E-state index contributed by atoms with van der Waals surface area (Å²) in [6.45, 7) is 5.37. The maximum Gasteiger partial charge on any atom is 0.246 e. The van der Waals surface area contributed by atoms with Gasteiger partial charge in [-0.05, 0) is 98.7 Å². The molecule has 3 fully saturated rings. The number of H-pyrrole nitrogens is 2. The van der Waals surface area contributed by atoms with Gasteiger partial charge in [0.25, 0.3) is 0 Å². The van der Waals surface area contributed by atoms with E-state index in [2.05, 4.69) is 68.5 Å². The molecule has 0 unspecified atom stereocenters. The lowest BCUT2D eigenvalue weighted by atomic mass is 10.00. The molecule has 8 rings (SSSR count). The van der Waals surface area contributed by atoms with Gasteiger partial charge in [-0.25, -0.2) is 0 Å². The summed E-state index contributed by atoms with van der Waals surface area (Å²) >= 11 is 13.5.